The van der Waals surface area contributed by atoms with E-state index in [1.807, 2.05) is 12.1 Å². The molecule has 0 spiro atoms. The third-order valence-electron chi connectivity index (χ3n) is 4.46. The Bertz CT molecular complexity index is 644. The molecule has 0 amide bonds. The smallest absolute Gasteiger partial charge is 0.0621 e. The SMILES string of the molecule is COCC[N]CC1(c2ccc(Cl)cc2)Cc2ccccc2CN1. The van der Waals surface area contributed by atoms with Crippen molar-refractivity contribution in [3.63, 3.8) is 0 Å². The summed E-state index contributed by atoms with van der Waals surface area (Å²) in [6, 6.07) is 16.7. The first kappa shape index (κ1) is 16.5. The number of nitrogens with zero attached hydrogens (tertiary/aromatic N) is 1. The van der Waals surface area contributed by atoms with Crippen molar-refractivity contribution in [2.45, 2.75) is 18.5 Å². The lowest BCUT2D eigenvalue weighted by Gasteiger charge is -2.40. The van der Waals surface area contributed by atoms with Gasteiger partial charge in [-0.2, -0.15) is 0 Å². The van der Waals surface area contributed by atoms with Gasteiger partial charge in [0.25, 0.3) is 0 Å². The highest BCUT2D eigenvalue weighted by atomic mass is 35.5. The minimum absolute atomic E-state index is 0.174. The standard InChI is InChI=1S/C19H22ClN2O/c1-23-11-10-21-14-19(17-6-8-18(20)9-7-17)12-15-4-2-3-5-16(15)13-22-19/h2-9,22H,10-14H2,1H3. The van der Waals surface area contributed by atoms with Crippen LogP contribution < -0.4 is 10.6 Å². The highest BCUT2D eigenvalue weighted by Crippen LogP contribution is 2.32. The summed E-state index contributed by atoms with van der Waals surface area (Å²) in [5.74, 6) is 0. The molecule has 3 rings (SSSR count). The van der Waals surface area contributed by atoms with E-state index in [9.17, 15) is 0 Å². The van der Waals surface area contributed by atoms with Gasteiger partial charge >= 0.3 is 0 Å². The maximum Gasteiger partial charge on any atom is 0.0621 e. The molecule has 0 fully saturated rings. The number of fused-ring (bicyclic) bond motifs is 1. The molecule has 1 heterocycles. The Balaban J connectivity index is 1.87. The summed E-state index contributed by atoms with van der Waals surface area (Å²) in [6.07, 6.45) is 0.932. The van der Waals surface area contributed by atoms with Gasteiger partial charge in [-0.1, -0.05) is 48.0 Å². The van der Waals surface area contributed by atoms with Crippen molar-refractivity contribution in [1.82, 2.24) is 10.6 Å². The van der Waals surface area contributed by atoms with Crippen LogP contribution in [0.3, 0.4) is 0 Å². The molecule has 1 N–H and O–H groups in total. The van der Waals surface area contributed by atoms with Gasteiger partial charge in [0.05, 0.1) is 12.1 Å². The average Bonchev–Trinajstić information content (AvgIpc) is 2.59. The highest BCUT2D eigenvalue weighted by molar-refractivity contribution is 6.30. The van der Waals surface area contributed by atoms with E-state index >= 15 is 0 Å². The van der Waals surface area contributed by atoms with Crippen LogP contribution in [0.25, 0.3) is 0 Å². The molecule has 3 nitrogen and oxygen atoms in total. The van der Waals surface area contributed by atoms with E-state index in [2.05, 4.69) is 41.7 Å². The summed E-state index contributed by atoms with van der Waals surface area (Å²) in [6.45, 7) is 2.97. The third-order valence-corrected chi connectivity index (χ3v) is 4.71. The molecule has 0 aromatic heterocycles. The van der Waals surface area contributed by atoms with Crippen LogP contribution in [0.2, 0.25) is 5.02 Å². The van der Waals surface area contributed by atoms with Crippen LogP contribution in [-0.4, -0.2) is 26.8 Å². The Kier molecular flexibility index (Phi) is 5.34. The van der Waals surface area contributed by atoms with Crippen LogP contribution in [0.5, 0.6) is 0 Å². The molecule has 4 heteroatoms. The predicted molar refractivity (Wildman–Crippen MR) is 93.9 cm³/mol. The van der Waals surface area contributed by atoms with E-state index in [-0.39, 0.29) is 5.54 Å². The van der Waals surface area contributed by atoms with Crippen molar-refractivity contribution in [1.29, 1.82) is 0 Å². The predicted octanol–water partition coefficient (Wildman–Crippen LogP) is 3.13. The number of hydrogen-bond donors (Lipinski definition) is 1. The van der Waals surface area contributed by atoms with Gasteiger partial charge in [0.1, 0.15) is 0 Å². The van der Waals surface area contributed by atoms with Gasteiger partial charge in [0, 0.05) is 31.8 Å². The third kappa shape index (κ3) is 3.75. The number of rotatable bonds is 6. The van der Waals surface area contributed by atoms with Crippen LogP contribution in [0.1, 0.15) is 16.7 Å². The first-order valence-electron chi connectivity index (χ1n) is 7.93. The fourth-order valence-electron chi connectivity index (χ4n) is 3.16. The van der Waals surface area contributed by atoms with Gasteiger partial charge in [-0.25, -0.2) is 5.32 Å². The first-order valence-corrected chi connectivity index (χ1v) is 8.31. The molecular weight excluding hydrogens is 308 g/mol. The van der Waals surface area contributed by atoms with Crippen molar-refractivity contribution in [2.75, 3.05) is 26.8 Å². The summed E-state index contributed by atoms with van der Waals surface area (Å²) in [5.41, 5.74) is 3.82. The summed E-state index contributed by atoms with van der Waals surface area (Å²) in [7, 11) is 1.71. The topological polar surface area (TPSA) is 35.4 Å². The maximum absolute atomic E-state index is 6.06. The molecule has 23 heavy (non-hydrogen) atoms. The number of nitrogens with one attached hydrogen (secondary N) is 1. The number of ether oxygens (including phenoxy) is 1. The van der Waals surface area contributed by atoms with Gasteiger partial charge in [-0.05, 0) is 35.2 Å². The van der Waals surface area contributed by atoms with E-state index in [0.29, 0.717) is 6.61 Å². The molecular formula is C19H22ClN2O. The van der Waals surface area contributed by atoms with Crippen molar-refractivity contribution >= 4 is 11.6 Å². The van der Waals surface area contributed by atoms with Crippen LogP contribution in [0.4, 0.5) is 0 Å². The fourth-order valence-corrected chi connectivity index (χ4v) is 3.28. The minimum Gasteiger partial charge on any atom is -0.383 e. The molecule has 0 aliphatic carbocycles. The molecule has 2 aromatic rings. The van der Waals surface area contributed by atoms with Crippen LogP contribution >= 0.6 is 11.6 Å². The van der Waals surface area contributed by atoms with E-state index in [1.165, 1.54) is 16.7 Å². The van der Waals surface area contributed by atoms with Crippen molar-refractivity contribution in [2.24, 2.45) is 0 Å². The number of methoxy groups -OCH3 is 1. The lowest BCUT2D eigenvalue weighted by atomic mass is 9.79. The molecule has 1 aliphatic rings. The average molecular weight is 330 g/mol. The molecule has 1 atom stereocenters. The van der Waals surface area contributed by atoms with Crippen molar-refractivity contribution < 1.29 is 4.74 Å². The van der Waals surface area contributed by atoms with Crippen LogP contribution in [0, 0.1) is 0 Å². The Morgan fingerprint density at radius 3 is 2.61 bits per heavy atom. The molecule has 0 saturated carbocycles. The second-order valence-corrected chi connectivity index (χ2v) is 6.42. The van der Waals surface area contributed by atoms with E-state index in [4.69, 9.17) is 21.7 Å². The van der Waals surface area contributed by atoms with E-state index in [1.54, 1.807) is 7.11 Å². The summed E-state index contributed by atoms with van der Waals surface area (Å²) in [5, 5.41) is 9.19. The molecule has 1 aliphatic heterocycles. The number of benzene rings is 2. The Labute approximate surface area is 143 Å². The van der Waals surface area contributed by atoms with E-state index < -0.39 is 0 Å². The molecule has 121 valence electrons. The molecule has 0 bridgehead atoms. The Morgan fingerprint density at radius 1 is 1.13 bits per heavy atom. The lowest BCUT2D eigenvalue weighted by Crippen LogP contribution is -2.52. The van der Waals surface area contributed by atoms with Crippen molar-refractivity contribution in [3.8, 4) is 0 Å². The second kappa shape index (κ2) is 7.45. The highest BCUT2D eigenvalue weighted by Gasteiger charge is 2.35. The van der Waals surface area contributed by atoms with Gasteiger partial charge in [-0.3, -0.25) is 0 Å². The Morgan fingerprint density at radius 2 is 1.87 bits per heavy atom. The van der Waals surface area contributed by atoms with Gasteiger partial charge in [0.2, 0.25) is 0 Å². The summed E-state index contributed by atoms with van der Waals surface area (Å²) < 4.78 is 5.11. The lowest BCUT2D eigenvalue weighted by molar-refractivity contribution is 0.191. The summed E-state index contributed by atoms with van der Waals surface area (Å²) in [4.78, 5) is 0. The van der Waals surface area contributed by atoms with Gasteiger partial charge in [0.15, 0.2) is 0 Å². The van der Waals surface area contributed by atoms with Crippen molar-refractivity contribution in [3.05, 3.63) is 70.2 Å². The number of halogens is 1. The largest absolute Gasteiger partial charge is 0.383 e. The first-order chi connectivity index (χ1) is 11.2. The van der Waals surface area contributed by atoms with E-state index in [0.717, 1.165) is 31.1 Å². The minimum atomic E-state index is -0.174. The number of hydrogen-bond acceptors (Lipinski definition) is 2. The zero-order chi connectivity index (χ0) is 16.1. The van der Waals surface area contributed by atoms with Gasteiger partial charge < -0.3 is 10.1 Å². The molecule has 1 unspecified atom stereocenters. The normalized spacial score (nSPS) is 20.3. The molecule has 0 saturated heterocycles. The maximum atomic E-state index is 6.06. The van der Waals surface area contributed by atoms with Crippen LogP contribution in [0.15, 0.2) is 48.5 Å². The molecule has 1 radical (unpaired) electrons. The monoisotopic (exact) mass is 329 g/mol. The zero-order valence-corrected chi connectivity index (χ0v) is 14.1. The summed E-state index contributed by atoms with van der Waals surface area (Å²) >= 11 is 6.06. The second-order valence-electron chi connectivity index (χ2n) is 5.99. The van der Waals surface area contributed by atoms with Crippen LogP contribution in [-0.2, 0) is 23.2 Å². The molecule has 2 aromatic carbocycles. The van der Waals surface area contributed by atoms with Gasteiger partial charge in [-0.15, -0.1) is 0 Å². The Hall–Kier alpha value is -1.39. The zero-order valence-electron chi connectivity index (χ0n) is 13.4. The fraction of sp³-hybridized carbons (Fsp3) is 0.368. The quantitative estimate of drug-likeness (QED) is 0.826.